The van der Waals surface area contributed by atoms with E-state index in [2.05, 4.69) is 12.2 Å². The van der Waals surface area contributed by atoms with Crippen LogP contribution < -0.4 is 5.32 Å². The number of rotatable bonds is 4. The van der Waals surface area contributed by atoms with E-state index in [-0.39, 0.29) is 0 Å². The number of aromatic nitrogens is 1. The Bertz CT molecular complexity index is 506. The molecule has 2 nitrogen and oxygen atoms in total. The number of anilines is 1. The highest BCUT2D eigenvalue weighted by Crippen LogP contribution is 2.16. The third-order valence-corrected chi connectivity index (χ3v) is 2.59. The van der Waals surface area contributed by atoms with Gasteiger partial charge in [-0.1, -0.05) is 0 Å². The molecule has 0 spiro atoms. The van der Waals surface area contributed by atoms with Gasteiger partial charge in [0, 0.05) is 31.5 Å². The molecule has 0 fully saturated rings. The van der Waals surface area contributed by atoms with Gasteiger partial charge in [-0.2, -0.15) is 0 Å². The zero-order chi connectivity index (χ0) is 12.3. The largest absolute Gasteiger partial charge is 0.379 e. The molecule has 0 atom stereocenters. The van der Waals surface area contributed by atoms with Gasteiger partial charge in [-0.25, -0.2) is 8.78 Å². The van der Waals surface area contributed by atoms with Crippen LogP contribution in [0.15, 0.2) is 36.7 Å². The molecule has 0 unspecified atom stereocenters. The maximum absolute atomic E-state index is 13.3. The van der Waals surface area contributed by atoms with E-state index in [1.165, 1.54) is 12.1 Å². The minimum Gasteiger partial charge on any atom is -0.379 e. The fourth-order valence-corrected chi connectivity index (χ4v) is 1.62. The van der Waals surface area contributed by atoms with E-state index in [9.17, 15) is 8.78 Å². The average Bonchev–Trinajstić information content (AvgIpc) is 2.76. The molecule has 0 aliphatic heterocycles. The quantitative estimate of drug-likeness (QED) is 0.860. The van der Waals surface area contributed by atoms with Crippen molar-refractivity contribution < 1.29 is 8.78 Å². The predicted octanol–water partition coefficient (Wildman–Crippen LogP) is 3.40. The number of aryl methyl sites for hydroxylation is 1. The lowest BCUT2D eigenvalue weighted by molar-refractivity contribution is 0.585. The molecule has 0 bridgehead atoms. The summed E-state index contributed by atoms with van der Waals surface area (Å²) in [5.41, 5.74) is 1.38. The SMILES string of the molecule is CCn1ccc(CNc2ccc(F)cc2F)c1. The summed E-state index contributed by atoms with van der Waals surface area (Å²) in [5, 5.41) is 2.94. The summed E-state index contributed by atoms with van der Waals surface area (Å²) in [5.74, 6) is -1.13. The Balaban J connectivity index is 2.02. The first-order chi connectivity index (χ1) is 8.19. The molecule has 0 aliphatic carbocycles. The van der Waals surface area contributed by atoms with Gasteiger partial charge in [0.2, 0.25) is 0 Å². The average molecular weight is 236 g/mol. The second-order valence-electron chi connectivity index (χ2n) is 3.83. The molecular formula is C13H14F2N2. The van der Waals surface area contributed by atoms with Crippen molar-refractivity contribution in [1.82, 2.24) is 4.57 Å². The molecule has 1 heterocycles. The van der Waals surface area contributed by atoms with Crippen LogP contribution in [0.5, 0.6) is 0 Å². The predicted molar refractivity (Wildman–Crippen MR) is 63.8 cm³/mol. The highest BCUT2D eigenvalue weighted by atomic mass is 19.1. The maximum atomic E-state index is 13.3. The molecule has 2 rings (SSSR count). The van der Waals surface area contributed by atoms with E-state index >= 15 is 0 Å². The molecule has 0 amide bonds. The van der Waals surface area contributed by atoms with Crippen LogP contribution in [0, 0.1) is 11.6 Å². The first-order valence-corrected chi connectivity index (χ1v) is 5.52. The topological polar surface area (TPSA) is 17.0 Å². The van der Waals surface area contributed by atoms with Gasteiger partial charge in [-0.3, -0.25) is 0 Å². The molecule has 4 heteroatoms. The highest BCUT2D eigenvalue weighted by molar-refractivity contribution is 5.45. The summed E-state index contributed by atoms with van der Waals surface area (Å²) in [4.78, 5) is 0. The number of hydrogen-bond acceptors (Lipinski definition) is 1. The second-order valence-corrected chi connectivity index (χ2v) is 3.83. The summed E-state index contributed by atoms with van der Waals surface area (Å²) in [6, 6.07) is 5.49. The van der Waals surface area contributed by atoms with Crippen molar-refractivity contribution in [1.29, 1.82) is 0 Å². The van der Waals surface area contributed by atoms with Crippen molar-refractivity contribution in [2.45, 2.75) is 20.0 Å². The van der Waals surface area contributed by atoms with Crippen LogP contribution >= 0.6 is 0 Å². The zero-order valence-corrected chi connectivity index (χ0v) is 9.58. The molecule has 0 saturated carbocycles. The van der Waals surface area contributed by atoms with Crippen molar-refractivity contribution in [3.05, 3.63) is 53.9 Å². The summed E-state index contributed by atoms with van der Waals surface area (Å²) >= 11 is 0. The molecule has 17 heavy (non-hydrogen) atoms. The van der Waals surface area contributed by atoms with Crippen LogP contribution in [-0.2, 0) is 13.1 Å². The fourth-order valence-electron chi connectivity index (χ4n) is 1.62. The van der Waals surface area contributed by atoms with Gasteiger partial charge < -0.3 is 9.88 Å². The molecule has 1 N–H and O–H groups in total. The number of benzene rings is 1. The number of nitrogens with one attached hydrogen (secondary N) is 1. The first kappa shape index (κ1) is 11.6. The summed E-state index contributed by atoms with van der Waals surface area (Å²) < 4.78 is 28.0. The molecule has 1 aromatic carbocycles. The van der Waals surface area contributed by atoms with Crippen LogP contribution in [0.1, 0.15) is 12.5 Å². The second kappa shape index (κ2) is 4.99. The molecule has 0 aliphatic rings. The van der Waals surface area contributed by atoms with Crippen molar-refractivity contribution in [3.8, 4) is 0 Å². The van der Waals surface area contributed by atoms with Crippen LogP contribution in [0.3, 0.4) is 0 Å². The summed E-state index contributed by atoms with van der Waals surface area (Å²) in [6.45, 7) is 3.48. The Hall–Kier alpha value is -1.84. The monoisotopic (exact) mass is 236 g/mol. The van der Waals surface area contributed by atoms with Gasteiger partial charge in [0.15, 0.2) is 0 Å². The number of hydrogen-bond donors (Lipinski definition) is 1. The standard InChI is InChI=1S/C13H14F2N2/c1-2-17-6-5-10(9-17)8-16-13-4-3-11(14)7-12(13)15/h3-7,9,16H,2,8H2,1H3. The fraction of sp³-hybridized carbons (Fsp3) is 0.231. The van der Waals surface area contributed by atoms with Crippen LogP contribution in [0.25, 0.3) is 0 Å². The van der Waals surface area contributed by atoms with Crippen molar-refractivity contribution in [2.24, 2.45) is 0 Å². The summed E-state index contributed by atoms with van der Waals surface area (Å²) in [7, 11) is 0. The summed E-state index contributed by atoms with van der Waals surface area (Å²) in [6.07, 6.45) is 3.96. The van der Waals surface area contributed by atoms with Gasteiger partial charge in [0.05, 0.1) is 5.69 Å². The minimum absolute atomic E-state index is 0.315. The Morgan fingerprint density at radius 3 is 2.71 bits per heavy atom. The molecule has 0 saturated heterocycles. The third kappa shape index (κ3) is 2.84. The molecular weight excluding hydrogens is 222 g/mol. The normalized spacial score (nSPS) is 10.5. The van der Waals surface area contributed by atoms with E-state index in [0.717, 1.165) is 18.2 Å². The van der Waals surface area contributed by atoms with E-state index in [4.69, 9.17) is 0 Å². The van der Waals surface area contributed by atoms with Gasteiger partial charge in [0.1, 0.15) is 11.6 Å². The Kier molecular flexibility index (Phi) is 3.42. The number of nitrogens with zero attached hydrogens (tertiary/aromatic N) is 1. The van der Waals surface area contributed by atoms with E-state index in [0.29, 0.717) is 12.2 Å². The van der Waals surface area contributed by atoms with E-state index in [1.807, 2.05) is 23.0 Å². The Morgan fingerprint density at radius 2 is 2.06 bits per heavy atom. The van der Waals surface area contributed by atoms with Crippen molar-refractivity contribution in [2.75, 3.05) is 5.32 Å². The lowest BCUT2D eigenvalue weighted by Gasteiger charge is -2.06. The smallest absolute Gasteiger partial charge is 0.149 e. The van der Waals surface area contributed by atoms with Crippen molar-refractivity contribution in [3.63, 3.8) is 0 Å². The first-order valence-electron chi connectivity index (χ1n) is 5.52. The van der Waals surface area contributed by atoms with E-state index in [1.54, 1.807) is 0 Å². The molecule has 0 radical (unpaired) electrons. The van der Waals surface area contributed by atoms with Gasteiger partial charge in [0.25, 0.3) is 0 Å². The Labute approximate surface area is 98.9 Å². The van der Waals surface area contributed by atoms with Crippen LogP contribution in [0.2, 0.25) is 0 Å². The van der Waals surface area contributed by atoms with Gasteiger partial charge in [-0.05, 0) is 30.7 Å². The van der Waals surface area contributed by atoms with Crippen molar-refractivity contribution >= 4 is 5.69 Å². The minimum atomic E-state index is -0.570. The molecule has 1 aromatic heterocycles. The van der Waals surface area contributed by atoms with Crippen LogP contribution in [-0.4, -0.2) is 4.57 Å². The maximum Gasteiger partial charge on any atom is 0.149 e. The zero-order valence-electron chi connectivity index (χ0n) is 9.58. The van der Waals surface area contributed by atoms with Gasteiger partial charge >= 0.3 is 0 Å². The Morgan fingerprint density at radius 1 is 1.24 bits per heavy atom. The van der Waals surface area contributed by atoms with Crippen LogP contribution in [0.4, 0.5) is 14.5 Å². The number of halogens is 2. The lowest BCUT2D eigenvalue weighted by atomic mass is 10.2. The highest BCUT2D eigenvalue weighted by Gasteiger charge is 2.03. The molecule has 90 valence electrons. The molecule has 2 aromatic rings. The van der Waals surface area contributed by atoms with Gasteiger partial charge in [-0.15, -0.1) is 0 Å². The van der Waals surface area contributed by atoms with E-state index < -0.39 is 11.6 Å². The third-order valence-electron chi connectivity index (χ3n) is 2.59. The lowest BCUT2D eigenvalue weighted by Crippen LogP contribution is -2.01.